The van der Waals surface area contributed by atoms with Crippen molar-refractivity contribution in [2.75, 3.05) is 24.6 Å². The summed E-state index contributed by atoms with van der Waals surface area (Å²) in [5.74, 6) is 6.76. The van der Waals surface area contributed by atoms with E-state index in [0.29, 0.717) is 36.9 Å². The first-order valence-corrected chi connectivity index (χ1v) is 8.08. The smallest absolute Gasteiger partial charge is 0.301 e. The average Bonchev–Trinajstić information content (AvgIpc) is 3.19. The lowest BCUT2D eigenvalue weighted by Crippen LogP contribution is -2.32. The van der Waals surface area contributed by atoms with E-state index in [2.05, 4.69) is 26.7 Å². The van der Waals surface area contributed by atoms with Crippen LogP contribution in [0, 0.1) is 11.8 Å². The van der Waals surface area contributed by atoms with Gasteiger partial charge in [0.25, 0.3) is 5.56 Å². The van der Waals surface area contributed by atoms with Crippen molar-refractivity contribution in [2.45, 2.75) is 39.3 Å². The number of aromatic nitrogens is 4. The molecular weight excluding hydrogens is 294 g/mol. The Hall–Kier alpha value is -2.49. The van der Waals surface area contributed by atoms with E-state index in [1.54, 1.807) is 11.5 Å². The van der Waals surface area contributed by atoms with Gasteiger partial charge in [-0.1, -0.05) is 5.92 Å². The predicted molar refractivity (Wildman–Crippen MR) is 86.8 cm³/mol. The monoisotopic (exact) mass is 313 g/mol. The molecule has 4 heterocycles. The van der Waals surface area contributed by atoms with Crippen molar-refractivity contribution in [3.63, 3.8) is 0 Å². The fourth-order valence-electron chi connectivity index (χ4n) is 3.26. The Morgan fingerprint density at radius 2 is 2.00 bits per heavy atom. The van der Waals surface area contributed by atoms with Gasteiger partial charge in [-0.05, 0) is 26.2 Å². The Morgan fingerprint density at radius 1 is 1.17 bits per heavy atom. The summed E-state index contributed by atoms with van der Waals surface area (Å²) in [6.45, 7) is 5.20. The number of anilines is 1. The largest absolute Gasteiger partial charge is 0.463 e. The molecule has 0 radical (unpaired) electrons. The number of hydrogen-bond acceptors (Lipinski definition) is 5. The van der Waals surface area contributed by atoms with Gasteiger partial charge in [-0.15, -0.1) is 5.92 Å². The molecule has 7 heteroatoms. The van der Waals surface area contributed by atoms with Gasteiger partial charge < -0.3 is 9.64 Å². The molecule has 0 saturated carbocycles. The van der Waals surface area contributed by atoms with Crippen molar-refractivity contribution in [3.8, 4) is 17.9 Å². The minimum absolute atomic E-state index is 0.0869. The molecule has 2 aliphatic heterocycles. The fraction of sp³-hybridized carbons (Fsp3) is 0.562. The number of ether oxygens (including phenoxy) is 1. The molecule has 0 atom stereocenters. The van der Waals surface area contributed by atoms with Crippen LogP contribution in [-0.4, -0.2) is 38.8 Å². The van der Waals surface area contributed by atoms with Gasteiger partial charge in [0.2, 0.25) is 5.95 Å². The number of rotatable bonds is 2. The second kappa shape index (κ2) is 5.61. The van der Waals surface area contributed by atoms with Crippen LogP contribution in [0.4, 0.5) is 5.95 Å². The van der Waals surface area contributed by atoms with Crippen LogP contribution in [0.15, 0.2) is 4.79 Å². The molecule has 1 fully saturated rings. The van der Waals surface area contributed by atoms with Gasteiger partial charge in [0.1, 0.15) is 6.61 Å². The van der Waals surface area contributed by atoms with E-state index in [-0.39, 0.29) is 5.56 Å². The van der Waals surface area contributed by atoms with Crippen molar-refractivity contribution in [1.29, 1.82) is 0 Å². The van der Waals surface area contributed by atoms with Crippen LogP contribution in [-0.2, 0) is 13.1 Å². The van der Waals surface area contributed by atoms with Gasteiger partial charge in [0, 0.05) is 13.1 Å². The van der Waals surface area contributed by atoms with Crippen LogP contribution < -0.4 is 15.2 Å². The first-order valence-electron chi connectivity index (χ1n) is 8.08. The third-order valence-electron chi connectivity index (χ3n) is 4.41. The molecule has 1 saturated heterocycles. The zero-order valence-electron chi connectivity index (χ0n) is 13.2. The van der Waals surface area contributed by atoms with E-state index in [4.69, 9.17) is 4.74 Å². The van der Waals surface area contributed by atoms with Gasteiger partial charge in [-0.2, -0.15) is 9.97 Å². The molecule has 4 rings (SSSR count). The maximum Gasteiger partial charge on any atom is 0.301 e. The molecule has 0 aromatic carbocycles. The maximum atomic E-state index is 12.8. The predicted octanol–water partition coefficient (Wildman–Crippen LogP) is 0.999. The summed E-state index contributed by atoms with van der Waals surface area (Å²) in [7, 11) is 0. The van der Waals surface area contributed by atoms with Gasteiger partial charge in [0.15, 0.2) is 11.2 Å². The SMILES string of the molecule is CC#CCn1c(N2CCCCC2)nc2nc3n(c(=O)c21)CCO3. The molecule has 7 nitrogen and oxygen atoms in total. The van der Waals surface area contributed by atoms with Crippen molar-refractivity contribution in [3.05, 3.63) is 10.4 Å². The molecule has 0 unspecified atom stereocenters. The van der Waals surface area contributed by atoms with Gasteiger partial charge >= 0.3 is 6.01 Å². The van der Waals surface area contributed by atoms with E-state index in [9.17, 15) is 4.79 Å². The highest BCUT2D eigenvalue weighted by atomic mass is 16.5. The summed E-state index contributed by atoms with van der Waals surface area (Å²) in [5.41, 5.74) is 0.903. The Kier molecular flexibility index (Phi) is 3.45. The molecule has 0 spiro atoms. The lowest BCUT2D eigenvalue weighted by atomic mass is 10.1. The second-order valence-electron chi connectivity index (χ2n) is 5.84. The third-order valence-corrected chi connectivity index (χ3v) is 4.41. The Morgan fingerprint density at radius 3 is 2.78 bits per heavy atom. The Labute approximate surface area is 133 Å². The molecule has 2 aromatic heterocycles. The summed E-state index contributed by atoms with van der Waals surface area (Å²) in [5, 5.41) is 0. The van der Waals surface area contributed by atoms with E-state index in [1.165, 1.54) is 6.42 Å². The zero-order valence-corrected chi connectivity index (χ0v) is 13.2. The molecule has 0 amide bonds. The van der Waals surface area contributed by atoms with Gasteiger partial charge in [-0.25, -0.2) is 0 Å². The van der Waals surface area contributed by atoms with Crippen LogP contribution in [0.1, 0.15) is 26.2 Å². The minimum Gasteiger partial charge on any atom is -0.463 e. The lowest BCUT2D eigenvalue weighted by Gasteiger charge is -2.27. The first-order chi connectivity index (χ1) is 11.3. The number of hydrogen-bond donors (Lipinski definition) is 0. The summed E-state index contributed by atoms with van der Waals surface area (Å²) in [4.78, 5) is 24.1. The fourth-order valence-corrected chi connectivity index (χ4v) is 3.26. The van der Waals surface area contributed by atoms with Crippen molar-refractivity contribution >= 4 is 17.1 Å². The number of nitrogens with zero attached hydrogens (tertiary/aromatic N) is 5. The summed E-state index contributed by atoms with van der Waals surface area (Å²) in [6.07, 6.45) is 3.54. The first kappa shape index (κ1) is 14.1. The van der Waals surface area contributed by atoms with Gasteiger partial charge in [0.05, 0.1) is 13.1 Å². The van der Waals surface area contributed by atoms with Crippen molar-refractivity contribution < 1.29 is 4.74 Å². The van der Waals surface area contributed by atoms with E-state index < -0.39 is 0 Å². The van der Waals surface area contributed by atoms with Crippen LogP contribution in [0.3, 0.4) is 0 Å². The van der Waals surface area contributed by atoms with E-state index in [1.807, 2.05) is 4.57 Å². The van der Waals surface area contributed by atoms with Crippen molar-refractivity contribution in [2.24, 2.45) is 0 Å². The van der Waals surface area contributed by atoms with Crippen LogP contribution in [0.5, 0.6) is 6.01 Å². The van der Waals surface area contributed by atoms with Crippen LogP contribution in [0.25, 0.3) is 11.2 Å². The molecule has 0 N–H and O–H groups in total. The number of piperidine rings is 1. The van der Waals surface area contributed by atoms with E-state index >= 15 is 0 Å². The number of imidazole rings is 1. The molecular formula is C16H19N5O2. The minimum atomic E-state index is -0.0869. The van der Waals surface area contributed by atoms with E-state index in [0.717, 1.165) is 31.9 Å². The second-order valence-corrected chi connectivity index (χ2v) is 5.84. The number of fused-ring (bicyclic) bond motifs is 2. The highest BCUT2D eigenvalue weighted by Crippen LogP contribution is 2.24. The third kappa shape index (κ3) is 2.25. The average molecular weight is 313 g/mol. The summed E-state index contributed by atoms with van der Waals surface area (Å²) >= 11 is 0. The standard InChI is InChI=1S/C16H19N5O2/c1-2-3-9-20-12-13(17-15(20)19-7-5-4-6-8-19)18-16-21(14(12)22)10-11-23-16/h4-11H2,1H3. The molecule has 0 aliphatic carbocycles. The highest BCUT2D eigenvalue weighted by molar-refractivity contribution is 5.75. The molecule has 2 aromatic rings. The molecule has 0 bridgehead atoms. The van der Waals surface area contributed by atoms with Crippen LogP contribution in [0.2, 0.25) is 0 Å². The van der Waals surface area contributed by atoms with Crippen molar-refractivity contribution in [1.82, 2.24) is 19.1 Å². The van der Waals surface area contributed by atoms with Crippen LogP contribution >= 0.6 is 0 Å². The summed E-state index contributed by atoms with van der Waals surface area (Å²) in [6, 6.07) is 0.374. The lowest BCUT2D eigenvalue weighted by molar-refractivity contribution is 0.345. The Balaban J connectivity index is 1.92. The normalized spacial score (nSPS) is 16.8. The van der Waals surface area contributed by atoms with Gasteiger partial charge in [-0.3, -0.25) is 13.9 Å². The zero-order chi connectivity index (χ0) is 15.8. The highest BCUT2D eigenvalue weighted by Gasteiger charge is 2.25. The molecule has 120 valence electrons. The quantitative estimate of drug-likeness (QED) is 0.774. The molecule has 2 aliphatic rings. The maximum absolute atomic E-state index is 12.8. The molecule has 23 heavy (non-hydrogen) atoms. The summed E-state index contributed by atoms with van der Waals surface area (Å²) < 4.78 is 8.92. The Bertz CT molecular complexity index is 864. The topological polar surface area (TPSA) is 65.2 Å².